The summed E-state index contributed by atoms with van der Waals surface area (Å²) in [4.78, 5) is 2.42. The summed E-state index contributed by atoms with van der Waals surface area (Å²) in [5, 5.41) is 10.3. The van der Waals surface area contributed by atoms with Crippen LogP contribution in [-0.2, 0) is 0 Å². The average Bonchev–Trinajstić information content (AvgIpc) is 2.29. The van der Waals surface area contributed by atoms with Gasteiger partial charge in [-0.15, -0.1) is 0 Å². The number of hydrogen-bond donors (Lipinski definition) is 1. The topological polar surface area (TPSA) is 23.5 Å². The molecule has 0 aromatic heterocycles. The van der Waals surface area contributed by atoms with Gasteiger partial charge in [0, 0.05) is 12.6 Å². The molecule has 1 fully saturated rings. The molecule has 16 heavy (non-hydrogen) atoms. The van der Waals surface area contributed by atoms with E-state index in [0.717, 1.165) is 13.1 Å². The lowest BCUT2D eigenvalue weighted by Gasteiger charge is -2.33. The van der Waals surface area contributed by atoms with E-state index in [4.69, 9.17) is 0 Å². The molecule has 0 bridgehead atoms. The van der Waals surface area contributed by atoms with Crippen molar-refractivity contribution in [2.24, 2.45) is 5.92 Å². The molecule has 0 amide bonds. The Labute approximate surface area is 101 Å². The fourth-order valence-electron chi connectivity index (χ4n) is 2.76. The predicted molar refractivity (Wildman–Crippen MR) is 69.6 cm³/mol. The number of rotatable bonds is 6. The highest BCUT2D eigenvalue weighted by Gasteiger charge is 2.24. The zero-order chi connectivity index (χ0) is 12.0. The summed E-state index contributed by atoms with van der Waals surface area (Å²) >= 11 is 0. The molecule has 1 aliphatic carbocycles. The second-order valence-electron chi connectivity index (χ2n) is 5.55. The summed E-state index contributed by atoms with van der Waals surface area (Å²) in [6.45, 7) is 8.65. The Morgan fingerprint density at radius 3 is 2.31 bits per heavy atom. The van der Waals surface area contributed by atoms with Crippen LogP contribution in [-0.4, -0.2) is 35.2 Å². The van der Waals surface area contributed by atoms with Gasteiger partial charge in [0.05, 0.1) is 6.10 Å². The van der Waals surface area contributed by atoms with Gasteiger partial charge in [0.15, 0.2) is 0 Å². The lowest BCUT2D eigenvalue weighted by atomic mass is 9.85. The first-order chi connectivity index (χ1) is 7.65. The third-order valence-corrected chi connectivity index (χ3v) is 3.86. The summed E-state index contributed by atoms with van der Waals surface area (Å²) < 4.78 is 0. The van der Waals surface area contributed by atoms with Crippen LogP contribution in [0.2, 0.25) is 0 Å². The first kappa shape index (κ1) is 14.0. The number of nitrogens with zero attached hydrogens (tertiary/aromatic N) is 1. The van der Waals surface area contributed by atoms with E-state index in [1.165, 1.54) is 38.5 Å². The number of aliphatic hydroxyl groups is 1. The van der Waals surface area contributed by atoms with Crippen molar-refractivity contribution in [2.45, 2.75) is 71.4 Å². The van der Waals surface area contributed by atoms with E-state index in [-0.39, 0.29) is 6.10 Å². The molecule has 0 heterocycles. The van der Waals surface area contributed by atoms with E-state index in [1.807, 2.05) is 0 Å². The van der Waals surface area contributed by atoms with E-state index in [9.17, 15) is 5.11 Å². The van der Waals surface area contributed by atoms with Crippen molar-refractivity contribution >= 4 is 0 Å². The molecule has 0 saturated heterocycles. The summed E-state index contributed by atoms with van der Waals surface area (Å²) in [5.74, 6) is 0.562. The first-order valence-corrected chi connectivity index (χ1v) is 7.07. The van der Waals surface area contributed by atoms with Crippen molar-refractivity contribution in [2.75, 3.05) is 13.1 Å². The van der Waals surface area contributed by atoms with Gasteiger partial charge < -0.3 is 5.11 Å². The van der Waals surface area contributed by atoms with Crippen molar-refractivity contribution in [1.82, 2.24) is 4.90 Å². The first-order valence-electron chi connectivity index (χ1n) is 7.07. The highest BCUT2D eigenvalue weighted by atomic mass is 16.3. The monoisotopic (exact) mass is 227 g/mol. The molecule has 96 valence electrons. The minimum Gasteiger partial charge on any atom is -0.392 e. The highest BCUT2D eigenvalue weighted by molar-refractivity contribution is 4.77. The van der Waals surface area contributed by atoms with Gasteiger partial charge in [-0.05, 0) is 45.6 Å². The van der Waals surface area contributed by atoms with Gasteiger partial charge in [-0.1, -0.05) is 26.2 Å². The van der Waals surface area contributed by atoms with Crippen LogP contribution in [0.25, 0.3) is 0 Å². The molecule has 1 saturated carbocycles. The van der Waals surface area contributed by atoms with Crippen molar-refractivity contribution in [1.29, 1.82) is 0 Å². The Kier molecular flexibility index (Phi) is 6.37. The van der Waals surface area contributed by atoms with Crippen LogP contribution in [0.3, 0.4) is 0 Å². The van der Waals surface area contributed by atoms with Crippen LogP contribution in [0.1, 0.15) is 59.3 Å². The molecule has 0 radical (unpaired) electrons. The van der Waals surface area contributed by atoms with Gasteiger partial charge >= 0.3 is 0 Å². The summed E-state index contributed by atoms with van der Waals surface area (Å²) in [6.07, 6.45) is 7.54. The Morgan fingerprint density at radius 2 is 1.81 bits per heavy atom. The second kappa shape index (κ2) is 7.29. The molecule has 0 spiro atoms. The minimum absolute atomic E-state index is 0.103. The molecular formula is C14H29NO. The van der Waals surface area contributed by atoms with E-state index in [0.29, 0.717) is 12.0 Å². The molecule has 2 heteroatoms. The lowest BCUT2D eigenvalue weighted by Crippen LogP contribution is -2.41. The van der Waals surface area contributed by atoms with E-state index in [1.54, 1.807) is 0 Å². The van der Waals surface area contributed by atoms with Crippen LogP contribution in [0.15, 0.2) is 0 Å². The molecule has 1 atom stereocenters. The standard InChI is InChI=1S/C14H29NO/c1-4-10-15(12(2)3)11-14(16)13-8-6-5-7-9-13/h12-14,16H,4-11H2,1-3H3. The average molecular weight is 227 g/mol. The minimum atomic E-state index is -0.103. The zero-order valence-electron chi connectivity index (χ0n) is 11.3. The highest BCUT2D eigenvalue weighted by Crippen LogP contribution is 2.27. The zero-order valence-corrected chi connectivity index (χ0v) is 11.3. The van der Waals surface area contributed by atoms with Crippen LogP contribution in [0, 0.1) is 5.92 Å². The predicted octanol–water partition coefficient (Wildman–Crippen LogP) is 3.05. The van der Waals surface area contributed by atoms with Crippen LogP contribution in [0.4, 0.5) is 0 Å². The quantitative estimate of drug-likeness (QED) is 0.754. The third kappa shape index (κ3) is 4.42. The number of hydrogen-bond acceptors (Lipinski definition) is 2. The smallest absolute Gasteiger partial charge is 0.0695 e. The lowest BCUT2D eigenvalue weighted by molar-refractivity contribution is 0.0380. The molecule has 0 aromatic carbocycles. The van der Waals surface area contributed by atoms with Gasteiger partial charge in [0.2, 0.25) is 0 Å². The maximum atomic E-state index is 10.3. The van der Waals surface area contributed by atoms with Crippen molar-refractivity contribution in [3.8, 4) is 0 Å². The van der Waals surface area contributed by atoms with Crippen molar-refractivity contribution in [3.63, 3.8) is 0 Å². The van der Waals surface area contributed by atoms with Crippen molar-refractivity contribution in [3.05, 3.63) is 0 Å². The molecular weight excluding hydrogens is 198 g/mol. The van der Waals surface area contributed by atoms with Crippen LogP contribution >= 0.6 is 0 Å². The normalized spacial score (nSPS) is 20.6. The van der Waals surface area contributed by atoms with Crippen LogP contribution in [0.5, 0.6) is 0 Å². The van der Waals surface area contributed by atoms with Gasteiger partial charge in [-0.2, -0.15) is 0 Å². The Balaban J connectivity index is 2.36. The van der Waals surface area contributed by atoms with E-state index in [2.05, 4.69) is 25.7 Å². The Hall–Kier alpha value is -0.0800. The number of aliphatic hydroxyl groups excluding tert-OH is 1. The van der Waals surface area contributed by atoms with Crippen LogP contribution < -0.4 is 0 Å². The Morgan fingerprint density at radius 1 is 1.19 bits per heavy atom. The molecule has 1 N–H and O–H groups in total. The Bertz CT molecular complexity index is 176. The molecule has 1 aliphatic rings. The molecule has 1 rings (SSSR count). The maximum absolute atomic E-state index is 10.3. The van der Waals surface area contributed by atoms with Gasteiger partial charge in [-0.25, -0.2) is 0 Å². The van der Waals surface area contributed by atoms with Gasteiger partial charge in [0.25, 0.3) is 0 Å². The SMILES string of the molecule is CCCN(CC(O)C1CCCCC1)C(C)C. The van der Waals surface area contributed by atoms with E-state index >= 15 is 0 Å². The summed E-state index contributed by atoms with van der Waals surface area (Å²) in [5.41, 5.74) is 0. The largest absolute Gasteiger partial charge is 0.392 e. The van der Waals surface area contributed by atoms with Gasteiger partial charge in [0.1, 0.15) is 0 Å². The molecule has 2 nitrogen and oxygen atoms in total. The summed E-state index contributed by atoms with van der Waals surface area (Å²) in [6, 6.07) is 0.554. The fraction of sp³-hybridized carbons (Fsp3) is 1.00. The van der Waals surface area contributed by atoms with E-state index < -0.39 is 0 Å². The van der Waals surface area contributed by atoms with Crippen molar-refractivity contribution < 1.29 is 5.11 Å². The molecule has 0 aromatic rings. The van der Waals surface area contributed by atoms with Gasteiger partial charge in [-0.3, -0.25) is 4.90 Å². The maximum Gasteiger partial charge on any atom is 0.0695 e. The third-order valence-electron chi connectivity index (χ3n) is 3.86. The second-order valence-corrected chi connectivity index (χ2v) is 5.55. The molecule has 1 unspecified atom stereocenters. The molecule has 0 aliphatic heterocycles. The summed E-state index contributed by atoms with van der Waals surface area (Å²) in [7, 11) is 0. The fourth-order valence-corrected chi connectivity index (χ4v) is 2.76.